The van der Waals surface area contributed by atoms with Gasteiger partial charge in [0.05, 0.1) is 18.9 Å². The summed E-state index contributed by atoms with van der Waals surface area (Å²) in [6, 6.07) is 12.8. The lowest BCUT2D eigenvalue weighted by Crippen LogP contribution is -2.16. The average molecular weight is 325 g/mol. The van der Waals surface area contributed by atoms with E-state index in [9.17, 15) is 9.18 Å². The summed E-state index contributed by atoms with van der Waals surface area (Å²) in [6.07, 6.45) is 0.664. The van der Waals surface area contributed by atoms with Crippen LogP contribution in [0.3, 0.4) is 0 Å². The molecule has 2 aromatic rings. The molecule has 1 heterocycles. The number of nitrogens with one attached hydrogen (secondary N) is 1. The van der Waals surface area contributed by atoms with Gasteiger partial charge in [-0.1, -0.05) is 30.3 Å². The molecule has 4 heteroatoms. The first-order valence-electron chi connectivity index (χ1n) is 8.01. The van der Waals surface area contributed by atoms with Crippen LogP contribution in [0.25, 0.3) is 11.1 Å². The van der Waals surface area contributed by atoms with Gasteiger partial charge in [0.25, 0.3) is 0 Å². The fraction of sp³-hybridized carbons (Fsp3) is 0.250. The predicted molar refractivity (Wildman–Crippen MR) is 93.3 cm³/mol. The van der Waals surface area contributed by atoms with Gasteiger partial charge in [0.1, 0.15) is 5.82 Å². The lowest BCUT2D eigenvalue weighted by molar-refractivity contribution is -0.114. The third kappa shape index (κ3) is 3.32. The van der Waals surface area contributed by atoms with Crippen molar-refractivity contribution >= 4 is 11.5 Å². The van der Waals surface area contributed by atoms with Crippen LogP contribution in [0.2, 0.25) is 0 Å². The summed E-state index contributed by atoms with van der Waals surface area (Å²) in [5, 5.41) is 3.18. The molecule has 0 radical (unpaired) electrons. The van der Waals surface area contributed by atoms with Crippen LogP contribution in [0.4, 0.5) is 10.1 Å². The Balaban J connectivity index is 1.81. The van der Waals surface area contributed by atoms with Gasteiger partial charge in [0.15, 0.2) is 5.78 Å². The maximum Gasteiger partial charge on any atom is 0.181 e. The second kappa shape index (κ2) is 6.87. The molecule has 0 aliphatic carbocycles. The number of benzene rings is 2. The molecule has 0 unspecified atom stereocenters. The van der Waals surface area contributed by atoms with E-state index in [4.69, 9.17) is 4.74 Å². The molecule has 1 N–H and O–H groups in total. The number of halogens is 1. The first kappa shape index (κ1) is 16.2. The second-order valence-corrected chi connectivity index (χ2v) is 5.92. The summed E-state index contributed by atoms with van der Waals surface area (Å²) >= 11 is 0. The lowest BCUT2D eigenvalue weighted by Gasteiger charge is -2.12. The number of anilines is 1. The molecule has 0 amide bonds. The van der Waals surface area contributed by atoms with Crippen molar-refractivity contribution in [2.45, 2.75) is 20.3 Å². The highest BCUT2D eigenvalue weighted by molar-refractivity contribution is 5.99. The molecule has 0 fully saturated rings. The Labute approximate surface area is 141 Å². The number of carbonyl (C=O) groups excluding carboxylic acids is 1. The van der Waals surface area contributed by atoms with Crippen molar-refractivity contribution in [2.75, 3.05) is 18.5 Å². The van der Waals surface area contributed by atoms with Gasteiger partial charge in [-0.2, -0.15) is 0 Å². The Kier molecular flexibility index (Phi) is 4.65. The van der Waals surface area contributed by atoms with E-state index in [-0.39, 0.29) is 18.1 Å². The number of ether oxygens (including phenoxy) is 1. The maximum absolute atomic E-state index is 13.9. The average Bonchev–Trinajstić information content (AvgIpc) is 3.01. The fourth-order valence-corrected chi connectivity index (χ4v) is 2.84. The van der Waals surface area contributed by atoms with E-state index in [1.807, 2.05) is 37.3 Å². The smallest absolute Gasteiger partial charge is 0.181 e. The molecular weight excluding hydrogens is 305 g/mol. The standard InChI is InChI=1S/C20H20FNO2/c1-13-7-8-15(11-18(13)21)17-5-3-4-6-19(17)22-12-20(23)16-9-10-24-14(16)2/h3-8,11,22H,9-10,12H2,1-2H3. The van der Waals surface area contributed by atoms with Gasteiger partial charge in [-0.25, -0.2) is 4.39 Å². The molecular formula is C20H20FNO2. The van der Waals surface area contributed by atoms with E-state index in [0.717, 1.165) is 28.1 Å². The van der Waals surface area contributed by atoms with Gasteiger partial charge in [0.2, 0.25) is 0 Å². The van der Waals surface area contributed by atoms with Crippen LogP contribution in [0.15, 0.2) is 53.8 Å². The molecule has 0 bridgehead atoms. The van der Waals surface area contributed by atoms with E-state index < -0.39 is 0 Å². The number of hydrogen-bond donors (Lipinski definition) is 1. The topological polar surface area (TPSA) is 38.3 Å². The summed E-state index contributed by atoms with van der Waals surface area (Å²) in [7, 11) is 0. The van der Waals surface area contributed by atoms with Crippen LogP contribution in [0.1, 0.15) is 18.9 Å². The highest BCUT2D eigenvalue weighted by Gasteiger charge is 2.19. The Morgan fingerprint density at radius 3 is 2.71 bits per heavy atom. The van der Waals surface area contributed by atoms with Crippen molar-refractivity contribution in [3.05, 3.63) is 65.2 Å². The van der Waals surface area contributed by atoms with E-state index in [2.05, 4.69) is 5.32 Å². The SMILES string of the molecule is CC1=C(C(=O)CNc2ccccc2-c2ccc(C)c(F)c2)CCO1. The minimum Gasteiger partial charge on any atom is -0.497 e. The van der Waals surface area contributed by atoms with Crippen LogP contribution < -0.4 is 5.32 Å². The zero-order valence-corrected chi connectivity index (χ0v) is 13.9. The largest absolute Gasteiger partial charge is 0.497 e. The summed E-state index contributed by atoms with van der Waals surface area (Å²) in [6.45, 7) is 4.33. The molecule has 0 atom stereocenters. The Morgan fingerprint density at radius 1 is 1.21 bits per heavy atom. The van der Waals surface area contributed by atoms with Gasteiger partial charge >= 0.3 is 0 Å². The zero-order valence-electron chi connectivity index (χ0n) is 13.9. The first-order valence-corrected chi connectivity index (χ1v) is 8.01. The third-order valence-corrected chi connectivity index (χ3v) is 4.28. The maximum atomic E-state index is 13.9. The number of allylic oxidation sites excluding steroid dienone is 1. The van der Waals surface area contributed by atoms with Gasteiger partial charge in [-0.3, -0.25) is 4.79 Å². The Hall–Kier alpha value is -2.62. The number of Topliss-reactive ketones (excluding diaryl/α,β-unsaturated/α-hetero) is 1. The summed E-state index contributed by atoms with van der Waals surface area (Å²) in [4.78, 5) is 12.3. The summed E-state index contributed by atoms with van der Waals surface area (Å²) < 4.78 is 19.2. The van der Waals surface area contributed by atoms with Gasteiger partial charge < -0.3 is 10.1 Å². The minimum atomic E-state index is -0.234. The fourth-order valence-electron chi connectivity index (χ4n) is 2.84. The van der Waals surface area contributed by atoms with Crippen molar-refractivity contribution in [3.8, 4) is 11.1 Å². The zero-order chi connectivity index (χ0) is 17.1. The molecule has 3 rings (SSSR count). The van der Waals surface area contributed by atoms with Gasteiger partial charge in [0, 0.05) is 23.2 Å². The van der Waals surface area contributed by atoms with Crippen LogP contribution in [-0.2, 0) is 9.53 Å². The molecule has 2 aromatic carbocycles. The molecule has 124 valence electrons. The number of aryl methyl sites for hydroxylation is 1. The van der Waals surface area contributed by atoms with Crippen LogP contribution >= 0.6 is 0 Å². The second-order valence-electron chi connectivity index (χ2n) is 5.92. The van der Waals surface area contributed by atoms with Crippen molar-refractivity contribution in [1.82, 2.24) is 0 Å². The highest BCUT2D eigenvalue weighted by atomic mass is 19.1. The lowest BCUT2D eigenvalue weighted by atomic mass is 10.0. The molecule has 24 heavy (non-hydrogen) atoms. The summed E-state index contributed by atoms with van der Waals surface area (Å²) in [5.74, 6) is 0.521. The Morgan fingerprint density at radius 2 is 2.00 bits per heavy atom. The number of para-hydroxylation sites is 1. The minimum absolute atomic E-state index is 0.0369. The van der Waals surface area contributed by atoms with Gasteiger partial charge in [-0.15, -0.1) is 0 Å². The molecule has 0 saturated heterocycles. The number of hydrogen-bond acceptors (Lipinski definition) is 3. The van der Waals surface area contributed by atoms with Crippen molar-refractivity contribution in [3.63, 3.8) is 0 Å². The number of rotatable bonds is 5. The molecule has 0 aromatic heterocycles. The van der Waals surface area contributed by atoms with E-state index in [1.54, 1.807) is 13.0 Å². The number of carbonyl (C=O) groups is 1. The van der Waals surface area contributed by atoms with E-state index >= 15 is 0 Å². The van der Waals surface area contributed by atoms with Gasteiger partial charge in [-0.05, 0) is 37.1 Å². The van der Waals surface area contributed by atoms with E-state index in [0.29, 0.717) is 18.6 Å². The molecule has 0 spiro atoms. The Bertz CT molecular complexity index is 811. The van der Waals surface area contributed by atoms with Crippen LogP contribution in [0, 0.1) is 12.7 Å². The summed E-state index contributed by atoms with van der Waals surface area (Å²) in [5.41, 5.74) is 3.83. The molecule has 1 aliphatic rings. The van der Waals surface area contributed by atoms with Crippen molar-refractivity contribution in [1.29, 1.82) is 0 Å². The molecule has 0 saturated carbocycles. The normalized spacial score (nSPS) is 13.8. The monoisotopic (exact) mass is 325 g/mol. The van der Waals surface area contributed by atoms with Crippen molar-refractivity contribution in [2.24, 2.45) is 0 Å². The molecule has 3 nitrogen and oxygen atoms in total. The highest BCUT2D eigenvalue weighted by Crippen LogP contribution is 2.29. The number of ketones is 1. The third-order valence-electron chi connectivity index (χ3n) is 4.28. The first-order chi connectivity index (χ1) is 11.6. The van der Waals surface area contributed by atoms with E-state index in [1.165, 1.54) is 6.07 Å². The molecule has 1 aliphatic heterocycles. The van der Waals surface area contributed by atoms with Crippen molar-refractivity contribution < 1.29 is 13.9 Å². The predicted octanol–water partition coefficient (Wildman–Crippen LogP) is 4.48. The van der Waals surface area contributed by atoms with Crippen LogP contribution in [-0.4, -0.2) is 18.9 Å². The quantitative estimate of drug-likeness (QED) is 0.881. The van der Waals surface area contributed by atoms with Crippen LogP contribution in [0.5, 0.6) is 0 Å².